The standard InChI is InChI=1S/C17H24N6O2/c24-14-3-6-17(19-14)9-22(10-17)16(25)21-7-4-13(5-8-21)23-11-18-15(20-23)12-1-2-12/h11-13H,1-10H2,(H,19,24). The number of piperidine rings is 1. The molecule has 0 unspecified atom stereocenters. The van der Waals surface area contributed by atoms with E-state index >= 15 is 0 Å². The van der Waals surface area contributed by atoms with Gasteiger partial charge in [0.1, 0.15) is 6.33 Å². The Balaban J connectivity index is 1.14. The summed E-state index contributed by atoms with van der Waals surface area (Å²) in [6, 6.07) is 0.461. The van der Waals surface area contributed by atoms with Crippen molar-refractivity contribution in [1.82, 2.24) is 29.9 Å². The molecule has 4 fully saturated rings. The van der Waals surface area contributed by atoms with Gasteiger partial charge in [0, 0.05) is 38.5 Å². The largest absolute Gasteiger partial charge is 0.347 e. The van der Waals surface area contributed by atoms with Crippen molar-refractivity contribution in [3.63, 3.8) is 0 Å². The number of aromatic nitrogens is 3. The second kappa shape index (κ2) is 5.44. The Hall–Kier alpha value is -2.12. The summed E-state index contributed by atoms with van der Waals surface area (Å²) in [6.45, 7) is 2.84. The Morgan fingerprint density at radius 1 is 1.16 bits per heavy atom. The fraction of sp³-hybridized carbons (Fsp3) is 0.765. The van der Waals surface area contributed by atoms with Crippen LogP contribution in [0.3, 0.4) is 0 Å². The molecule has 0 atom stereocenters. The van der Waals surface area contributed by atoms with Crippen molar-refractivity contribution in [3.8, 4) is 0 Å². The quantitative estimate of drug-likeness (QED) is 0.863. The van der Waals surface area contributed by atoms with Crippen LogP contribution in [0, 0.1) is 0 Å². The molecular formula is C17H24N6O2. The molecule has 134 valence electrons. The first-order chi connectivity index (χ1) is 12.1. The number of hydrogen-bond acceptors (Lipinski definition) is 4. The average Bonchev–Trinajstić information content (AvgIpc) is 3.19. The topological polar surface area (TPSA) is 83.4 Å². The summed E-state index contributed by atoms with van der Waals surface area (Å²) in [5.74, 6) is 1.69. The van der Waals surface area contributed by atoms with E-state index < -0.39 is 0 Å². The Morgan fingerprint density at radius 3 is 2.56 bits per heavy atom. The van der Waals surface area contributed by atoms with Gasteiger partial charge < -0.3 is 15.1 Å². The first-order valence-corrected chi connectivity index (χ1v) is 9.38. The van der Waals surface area contributed by atoms with E-state index in [2.05, 4.69) is 15.4 Å². The molecule has 8 heteroatoms. The second-order valence-electron chi connectivity index (χ2n) is 8.04. The minimum absolute atomic E-state index is 0.113. The van der Waals surface area contributed by atoms with Gasteiger partial charge in [0.2, 0.25) is 5.91 Å². The minimum Gasteiger partial charge on any atom is -0.347 e. The number of carbonyl (C=O) groups is 2. The summed E-state index contributed by atoms with van der Waals surface area (Å²) < 4.78 is 2.00. The summed E-state index contributed by atoms with van der Waals surface area (Å²) >= 11 is 0. The molecule has 0 radical (unpaired) electrons. The molecule has 0 aromatic carbocycles. The molecule has 4 aliphatic rings. The van der Waals surface area contributed by atoms with Crippen LogP contribution in [0.1, 0.15) is 56.3 Å². The van der Waals surface area contributed by atoms with Crippen molar-refractivity contribution in [2.24, 2.45) is 0 Å². The number of amides is 3. The van der Waals surface area contributed by atoms with Gasteiger partial charge in [-0.25, -0.2) is 14.5 Å². The third kappa shape index (κ3) is 2.67. The summed E-state index contributed by atoms with van der Waals surface area (Å²) in [7, 11) is 0. The molecule has 1 aromatic rings. The number of rotatable bonds is 2. The smallest absolute Gasteiger partial charge is 0.320 e. The Kier molecular flexibility index (Phi) is 3.30. The Labute approximate surface area is 146 Å². The van der Waals surface area contributed by atoms with Crippen LogP contribution in [-0.2, 0) is 4.79 Å². The molecule has 1 aromatic heterocycles. The van der Waals surface area contributed by atoms with Crippen LogP contribution in [0.4, 0.5) is 4.79 Å². The first kappa shape index (κ1) is 15.2. The van der Waals surface area contributed by atoms with Crippen molar-refractivity contribution in [2.45, 2.75) is 56.0 Å². The van der Waals surface area contributed by atoms with E-state index in [1.807, 2.05) is 20.8 Å². The monoisotopic (exact) mass is 344 g/mol. The average molecular weight is 344 g/mol. The maximum Gasteiger partial charge on any atom is 0.320 e. The Morgan fingerprint density at radius 2 is 1.92 bits per heavy atom. The zero-order valence-electron chi connectivity index (χ0n) is 14.4. The highest BCUT2D eigenvalue weighted by Gasteiger charge is 2.50. The summed E-state index contributed by atoms with van der Waals surface area (Å²) in [6.07, 6.45) is 7.59. The highest BCUT2D eigenvalue weighted by molar-refractivity contribution is 5.82. The summed E-state index contributed by atoms with van der Waals surface area (Å²) in [5, 5.41) is 7.66. The van der Waals surface area contributed by atoms with Crippen LogP contribution < -0.4 is 5.32 Å². The van der Waals surface area contributed by atoms with Gasteiger partial charge in [0.05, 0.1) is 11.6 Å². The van der Waals surface area contributed by atoms with Crippen LogP contribution in [0.25, 0.3) is 0 Å². The SMILES string of the molecule is O=C1CCC2(CN(C(=O)N3CCC(n4cnc(C5CC5)n4)CC3)C2)N1. The van der Waals surface area contributed by atoms with Crippen LogP contribution in [0.2, 0.25) is 0 Å². The van der Waals surface area contributed by atoms with E-state index in [0.717, 1.165) is 38.2 Å². The van der Waals surface area contributed by atoms with Gasteiger partial charge >= 0.3 is 6.03 Å². The zero-order valence-corrected chi connectivity index (χ0v) is 14.4. The third-order valence-electron chi connectivity index (χ3n) is 6.07. The predicted octanol–water partition coefficient (Wildman–Crippen LogP) is 0.877. The van der Waals surface area contributed by atoms with Gasteiger partial charge in [-0.3, -0.25) is 4.79 Å². The van der Waals surface area contributed by atoms with Crippen molar-refractivity contribution in [2.75, 3.05) is 26.2 Å². The van der Waals surface area contributed by atoms with Crippen molar-refractivity contribution in [1.29, 1.82) is 0 Å². The van der Waals surface area contributed by atoms with Gasteiger partial charge in [0.15, 0.2) is 5.82 Å². The molecule has 1 saturated carbocycles. The second-order valence-corrected chi connectivity index (χ2v) is 8.04. The molecule has 25 heavy (non-hydrogen) atoms. The number of nitrogens with zero attached hydrogens (tertiary/aromatic N) is 5. The van der Waals surface area contributed by atoms with Crippen molar-refractivity contribution in [3.05, 3.63) is 12.2 Å². The highest BCUT2D eigenvalue weighted by Crippen LogP contribution is 2.38. The summed E-state index contributed by atoms with van der Waals surface area (Å²) in [4.78, 5) is 32.3. The predicted molar refractivity (Wildman–Crippen MR) is 88.9 cm³/mol. The molecular weight excluding hydrogens is 320 g/mol. The zero-order chi connectivity index (χ0) is 17.0. The number of likely N-dealkylation sites (tertiary alicyclic amines) is 2. The molecule has 1 spiro atoms. The van der Waals surface area contributed by atoms with E-state index in [-0.39, 0.29) is 17.5 Å². The molecule has 3 amide bonds. The summed E-state index contributed by atoms with van der Waals surface area (Å²) in [5.41, 5.74) is -0.134. The number of hydrogen-bond donors (Lipinski definition) is 1. The van der Waals surface area contributed by atoms with E-state index in [9.17, 15) is 9.59 Å². The van der Waals surface area contributed by atoms with Gasteiger partial charge in [-0.2, -0.15) is 5.10 Å². The fourth-order valence-corrected chi connectivity index (χ4v) is 4.34. The number of urea groups is 1. The van der Waals surface area contributed by atoms with E-state index in [0.29, 0.717) is 31.5 Å². The molecule has 8 nitrogen and oxygen atoms in total. The van der Waals surface area contributed by atoms with Gasteiger partial charge in [0.25, 0.3) is 0 Å². The molecule has 5 rings (SSSR count). The Bertz CT molecular complexity index is 698. The molecule has 0 bridgehead atoms. The lowest BCUT2D eigenvalue weighted by Crippen LogP contribution is -2.70. The molecule has 3 aliphatic heterocycles. The lowest BCUT2D eigenvalue weighted by molar-refractivity contribution is -0.120. The third-order valence-corrected chi connectivity index (χ3v) is 6.07. The lowest BCUT2D eigenvalue weighted by Gasteiger charge is -2.49. The van der Waals surface area contributed by atoms with E-state index in [4.69, 9.17) is 0 Å². The van der Waals surface area contributed by atoms with Crippen molar-refractivity contribution < 1.29 is 9.59 Å². The number of carbonyl (C=O) groups excluding carboxylic acids is 2. The van der Waals surface area contributed by atoms with Gasteiger partial charge in [-0.05, 0) is 32.1 Å². The van der Waals surface area contributed by atoms with Crippen LogP contribution in [0.15, 0.2) is 6.33 Å². The van der Waals surface area contributed by atoms with Crippen LogP contribution in [-0.4, -0.2) is 68.2 Å². The first-order valence-electron chi connectivity index (χ1n) is 9.38. The minimum atomic E-state index is -0.134. The van der Waals surface area contributed by atoms with E-state index in [1.54, 1.807) is 0 Å². The normalized spacial score (nSPS) is 26.0. The maximum absolute atomic E-state index is 12.7. The van der Waals surface area contributed by atoms with E-state index in [1.165, 1.54) is 12.8 Å². The molecule has 3 saturated heterocycles. The molecule has 1 N–H and O–H groups in total. The van der Waals surface area contributed by atoms with Crippen molar-refractivity contribution >= 4 is 11.9 Å². The maximum atomic E-state index is 12.7. The highest BCUT2D eigenvalue weighted by atomic mass is 16.2. The molecule has 4 heterocycles. The van der Waals surface area contributed by atoms with Crippen LogP contribution in [0.5, 0.6) is 0 Å². The van der Waals surface area contributed by atoms with Gasteiger partial charge in [-0.15, -0.1) is 0 Å². The lowest BCUT2D eigenvalue weighted by atomic mass is 9.88. The fourth-order valence-electron chi connectivity index (χ4n) is 4.34. The molecule has 1 aliphatic carbocycles. The van der Waals surface area contributed by atoms with Gasteiger partial charge in [-0.1, -0.05) is 0 Å². The van der Waals surface area contributed by atoms with Crippen LogP contribution >= 0.6 is 0 Å². The number of nitrogens with one attached hydrogen (secondary N) is 1.